The Morgan fingerprint density at radius 2 is 2.04 bits per heavy atom. The third kappa shape index (κ3) is 3.35. The number of aliphatic carboxylic acids is 1. The minimum absolute atomic E-state index is 0.151. The summed E-state index contributed by atoms with van der Waals surface area (Å²) in [6.45, 7) is -0.280. The van der Waals surface area contributed by atoms with Gasteiger partial charge in [0.15, 0.2) is 5.82 Å². The lowest BCUT2D eigenvalue weighted by molar-refractivity contribution is -0.137. The van der Waals surface area contributed by atoms with Crippen LogP contribution in [0.4, 0.5) is 5.82 Å². The molecular formula is C18H19N5O4. The lowest BCUT2D eigenvalue weighted by Crippen LogP contribution is -2.20. The van der Waals surface area contributed by atoms with Crippen molar-refractivity contribution in [3.05, 3.63) is 46.5 Å². The molecule has 1 saturated carbocycles. The van der Waals surface area contributed by atoms with Crippen LogP contribution in [-0.2, 0) is 11.3 Å². The maximum absolute atomic E-state index is 12.5. The highest BCUT2D eigenvalue weighted by atomic mass is 16.4. The molecule has 9 nitrogen and oxygen atoms in total. The zero-order valence-corrected chi connectivity index (χ0v) is 14.5. The van der Waals surface area contributed by atoms with Gasteiger partial charge in [0.1, 0.15) is 6.54 Å². The zero-order chi connectivity index (χ0) is 19.0. The second-order valence-electron chi connectivity index (χ2n) is 6.72. The Balaban J connectivity index is 1.56. The molecule has 0 radical (unpaired) electrons. The minimum atomic E-state index is -1.02. The summed E-state index contributed by atoms with van der Waals surface area (Å²) in [5, 5.41) is 15.4. The van der Waals surface area contributed by atoms with E-state index in [2.05, 4.69) is 15.4 Å². The third-order valence-corrected chi connectivity index (χ3v) is 4.85. The Morgan fingerprint density at radius 1 is 1.26 bits per heavy atom. The maximum atomic E-state index is 12.5. The second-order valence-corrected chi connectivity index (χ2v) is 6.72. The molecule has 3 N–H and O–H groups in total. The topological polar surface area (TPSA) is 122 Å². The predicted octanol–water partition coefficient (Wildman–Crippen LogP) is 1.98. The Bertz CT molecular complexity index is 1070. The summed E-state index contributed by atoms with van der Waals surface area (Å²) in [4.78, 5) is 38.3. The van der Waals surface area contributed by atoms with Crippen molar-refractivity contribution >= 4 is 28.7 Å². The lowest BCUT2D eigenvalue weighted by atomic mass is 10.1. The number of imidazole rings is 1. The van der Waals surface area contributed by atoms with Crippen molar-refractivity contribution in [1.82, 2.24) is 19.3 Å². The number of carboxylic acid groups (broad SMARTS) is 1. The van der Waals surface area contributed by atoms with Crippen molar-refractivity contribution < 1.29 is 14.7 Å². The van der Waals surface area contributed by atoms with E-state index in [1.54, 1.807) is 22.8 Å². The van der Waals surface area contributed by atoms with E-state index in [4.69, 9.17) is 5.11 Å². The van der Waals surface area contributed by atoms with Crippen LogP contribution >= 0.6 is 0 Å². The number of hydrogen-bond donors (Lipinski definition) is 3. The number of aromatic nitrogens is 4. The molecular weight excluding hydrogens is 350 g/mol. The number of nitrogens with one attached hydrogen (secondary N) is 2. The molecule has 0 aliphatic heterocycles. The molecule has 0 saturated heterocycles. The van der Waals surface area contributed by atoms with E-state index in [0.717, 1.165) is 31.2 Å². The van der Waals surface area contributed by atoms with E-state index < -0.39 is 5.97 Å². The average Bonchev–Trinajstić information content (AvgIpc) is 3.33. The zero-order valence-electron chi connectivity index (χ0n) is 14.5. The highest BCUT2D eigenvalue weighted by molar-refractivity contribution is 6.05. The molecule has 1 amide bonds. The first kappa shape index (κ1) is 17.1. The van der Waals surface area contributed by atoms with Gasteiger partial charge in [-0.05, 0) is 31.0 Å². The second kappa shape index (κ2) is 6.75. The molecule has 140 valence electrons. The number of carbonyl (C=O) groups is 2. The molecule has 0 spiro atoms. The fraction of sp³-hybridized carbons (Fsp3) is 0.333. The van der Waals surface area contributed by atoms with Crippen molar-refractivity contribution in [2.24, 2.45) is 0 Å². The van der Waals surface area contributed by atoms with Gasteiger partial charge in [-0.2, -0.15) is 5.10 Å². The van der Waals surface area contributed by atoms with Gasteiger partial charge < -0.3 is 15.4 Å². The summed E-state index contributed by atoms with van der Waals surface area (Å²) >= 11 is 0. The van der Waals surface area contributed by atoms with Gasteiger partial charge in [-0.3, -0.25) is 18.8 Å². The number of nitrogens with zero attached hydrogens (tertiary/aromatic N) is 3. The smallest absolute Gasteiger partial charge is 0.326 e. The van der Waals surface area contributed by atoms with Gasteiger partial charge in [-0.1, -0.05) is 12.8 Å². The number of H-pyrrole nitrogens is 1. The van der Waals surface area contributed by atoms with Gasteiger partial charge in [-0.25, -0.2) is 4.79 Å². The van der Waals surface area contributed by atoms with E-state index in [1.165, 1.54) is 16.9 Å². The number of carbonyl (C=O) groups excluding carboxylic acids is 1. The standard InChI is InChI=1S/C18H19N5O4/c24-16(25)10-22-8-7-15(21-22)20-17(26)11-5-6-14-13(9-11)19-18(27)23(14)12-3-1-2-4-12/h5-9,12H,1-4,10H2,(H,19,27)(H,24,25)(H,20,21,26). The Morgan fingerprint density at radius 3 is 2.78 bits per heavy atom. The van der Waals surface area contributed by atoms with E-state index in [9.17, 15) is 14.4 Å². The molecule has 0 unspecified atom stereocenters. The van der Waals surface area contributed by atoms with E-state index in [-0.39, 0.29) is 30.0 Å². The number of fused-ring (bicyclic) bond motifs is 1. The maximum Gasteiger partial charge on any atom is 0.326 e. The molecule has 0 bridgehead atoms. The van der Waals surface area contributed by atoms with E-state index in [0.29, 0.717) is 11.1 Å². The molecule has 1 aliphatic carbocycles. The molecule has 2 aromatic heterocycles. The Kier molecular flexibility index (Phi) is 4.27. The number of hydrogen-bond acceptors (Lipinski definition) is 4. The normalized spacial score (nSPS) is 14.7. The fourth-order valence-corrected chi connectivity index (χ4v) is 3.64. The van der Waals surface area contributed by atoms with E-state index >= 15 is 0 Å². The fourth-order valence-electron chi connectivity index (χ4n) is 3.64. The molecule has 3 aromatic rings. The van der Waals surface area contributed by atoms with Crippen LogP contribution in [-0.4, -0.2) is 36.3 Å². The number of carboxylic acids is 1. The third-order valence-electron chi connectivity index (χ3n) is 4.85. The molecule has 9 heteroatoms. The summed E-state index contributed by atoms with van der Waals surface area (Å²) in [6.07, 6.45) is 5.71. The monoisotopic (exact) mass is 369 g/mol. The van der Waals surface area contributed by atoms with E-state index in [1.807, 2.05) is 0 Å². The summed E-state index contributed by atoms with van der Waals surface area (Å²) in [6, 6.07) is 6.83. The first-order valence-electron chi connectivity index (χ1n) is 8.82. The summed E-state index contributed by atoms with van der Waals surface area (Å²) < 4.78 is 3.01. The predicted molar refractivity (Wildman–Crippen MR) is 97.9 cm³/mol. The highest BCUT2D eigenvalue weighted by Crippen LogP contribution is 2.30. The van der Waals surface area contributed by atoms with Crippen molar-refractivity contribution in [3.63, 3.8) is 0 Å². The van der Waals surface area contributed by atoms with Crippen LogP contribution in [0.3, 0.4) is 0 Å². The number of anilines is 1. The SMILES string of the molecule is O=C(O)Cn1ccc(NC(=O)c2ccc3c(c2)[nH]c(=O)n3C2CCCC2)n1. The lowest BCUT2D eigenvalue weighted by Gasteiger charge is -2.11. The minimum Gasteiger partial charge on any atom is -0.480 e. The Hall–Kier alpha value is -3.36. The van der Waals surface area contributed by atoms with Crippen LogP contribution in [0.1, 0.15) is 42.1 Å². The van der Waals surface area contributed by atoms with Crippen LogP contribution in [0.2, 0.25) is 0 Å². The molecule has 1 aliphatic rings. The molecule has 1 aromatic carbocycles. The van der Waals surface area contributed by atoms with Gasteiger partial charge in [0.2, 0.25) is 0 Å². The van der Waals surface area contributed by atoms with Crippen molar-refractivity contribution in [1.29, 1.82) is 0 Å². The van der Waals surface area contributed by atoms with Gasteiger partial charge in [-0.15, -0.1) is 0 Å². The van der Waals surface area contributed by atoms with Crippen molar-refractivity contribution in [3.8, 4) is 0 Å². The highest BCUT2D eigenvalue weighted by Gasteiger charge is 2.21. The molecule has 0 atom stereocenters. The summed E-state index contributed by atoms with van der Waals surface area (Å²) in [5.74, 6) is -1.14. The first-order chi connectivity index (χ1) is 13.0. The molecule has 4 rings (SSSR count). The molecule has 27 heavy (non-hydrogen) atoms. The summed E-state index contributed by atoms with van der Waals surface area (Å²) in [5.41, 5.74) is 1.65. The van der Waals surface area contributed by atoms with Crippen molar-refractivity contribution in [2.75, 3.05) is 5.32 Å². The van der Waals surface area contributed by atoms with Gasteiger partial charge in [0.05, 0.1) is 11.0 Å². The van der Waals surface area contributed by atoms with Crippen molar-refractivity contribution in [2.45, 2.75) is 38.3 Å². The van der Waals surface area contributed by atoms with Crippen LogP contribution in [0.15, 0.2) is 35.3 Å². The Labute approximate surface area is 153 Å². The average molecular weight is 369 g/mol. The largest absolute Gasteiger partial charge is 0.480 e. The van der Waals surface area contributed by atoms with Gasteiger partial charge >= 0.3 is 11.7 Å². The number of rotatable bonds is 5. The first-order valence-corrected chi connectivity index (χ1v) is 8.82. The molecule has 2 heterocycles. The molecule has 1 fully saturated rings. The van der Waals surface area contributed by atoms with Gasteiger partial charge in [0, 0.05) is 23.9 Å². The van der Waals surface area contributed by atoms with Crippen LogP contribution < -0.4 is 11.0 Å². The number of amides is 1. The van der Waals surface area contributed by atoms with Gasteiger partial charge in [0.25, 0.3) is 5.91 Å². The quantitative estimate of drug-likeness (QED) is 0.635. The summed E-state index contributed by atoms with van der Waals surface area (Å²) in [7, 11) is 0. The number of benzene rings is 1. The number of aromatic amines is 1. The van der Waals surface area contributed by atoms with Crippen LogP contribution in [0, 0.1) is 0 Å². The van der Waals surface area contributed by atoms with Crippen LogP contribution in [0.25, 0.3) is 11.0 Å². The van der Waals surface area contributed by atoms with Crippen LogP contribution in [0.5, 0.6) is 0 Å².